The Hall–Kier alpha value is -1.72. The molecule has 6 unspecified atom stereocenters. The molecule has 0 radical (unpaired) electrons. The molecular formula is C14H13NO4. The summed E-state index contributed by atoms with van der Waals surface area (Å²) in [5.41, 5.74) is 0.535. The van der Waals surface area contributed by atoms with E-state index in [1.807, 2.05) is 6.07 Å². The van der Waals surface area contributed by atoms with Crippen LogP contribution in [-0.2, 0) is 14.3 Å². The first-order chi connectivity index (χ1) is 9.61. The highest BCUT2D eigenvalue weighted by atomic mass is 16.5. The van der Waals surface area contributed by atoms with Gasteiger partial charge in [-0.3, -0.25) is 9.59 Å². The smallest absolute Gasteiger partial charge is 0.240 e. The van der Waals surface area contributed by atoms with Crippen molar-refractivity contribution in [3.8, 4) is 0 Å². The molecule has 3 heterocycles. The van der Waals surface area contributed by atoms with Gasteiger partial charge < -0.3 is 9.84 Å². The zero-order valence-electron chi connectivity index (χ0n) is 11.0. The highest BCUT2D eigenvalue weighted by molar-refractivity contribution is 6.22. The van der Waals surface area contributed by atoms with Gasteiger partial charge in [-0.2, -0.15) is 0 Å². The minimum Gasteiger partial charge on any atom is -0.390 e. The monoisotopic (exact) mass is 260 g/mol. The summed E-state index contributed by atoms with van der Waals surface area (Å²) in [6.07, 6.45) is -3.25. The van der Waals surface area contributed by atoms with Crippen molar-refractivity contribution in [3.05, 3.63) is 30.3 Å². The normalized spacial score (nSPS) is 44.7. The van der Waals surface area contributed by atoms with Crippen LogP contribution in [0.4, 0.5) is 5.69 Å². The first-order valence-corrected chi connectivity index (χ1v) is 6.30. The number of imide groups is 1. The predicted molar refractivity (Wildman–Crippen MR) is 65.2 cm³/mol. The van der Waals surface area contributed by atoms with Gasteiger partial charge in [0.15, 0.2) is 0 Å². The maximum absolute atomic E-state index is 12.5. The van der Waals surface area contributed by atoms with Gasteiger partial charge in [-0.15, -0.1) is 0 Å². The van der Waals surface area contributed by atoms with Crippen molar-refractivity contribution >= 4 is 17.5 Å². The van der Waals surface area contributed by atoms with Gasteiger partial charge in [-0.05, 0) is 12.1 Å². The Morgan fingerprint density at radius 2 is 1.89 bits per heavy atom. The standard InChI is InChI=1S/C14H13NO4/c16-8-6-9-10-11(12(8)19-9)14(18)15(13(10)17)7-4-2-1-3-5-7/h1-5,8-12,16H,6H2/i6D. The number of anilines is 1. The summed E-state index contributed by atoms with van der Waals surface area (Å²) in [4.78, 5) is 26.2. The number of carbonyl (C=O) groups is 2. The molecule has 98 valence electrons. The van der Waals surface area contributed by atoms with Gasteiger partial charge in [0.05, 0.1) is 35.8 Å². The highest BCUT2D eigenvalue weighted by Gasteiger charge is 2.65. The van der Waals surface area contributed by atoms with E-state index in [1.54, 1.807) is 24.3 Å². The lowest BCUT2D eigenvalue weighted by atomic mass is 9.80. The van der Waals surface area contributed by atoms with Crippen LogP contribution in [0.3, 0.4) is 0 Å². The molecule has 3 aliphatic rings. The van der Waals surface area contributed by atoms with Crippen LogP contribution in [0.1, 0.15) is 7.77 Å². The van der Waals surface area contributed by atoms with E-state index >= 15 is 0 Å². The molecule has 0 spiro atoms. The minimum atomic E-state index is -0.992. The Balaban J connectivity index is 1.75. The van der Waals surface area contributed by atoms with Crippen molar-refractivity contribution in [2.24, 2.45) is 11.8 Å². The Morgan fingerprint density at radius 1 is 1.21 bits per heavy atom. The van der Waals surface area contributed by atoms with Crippen molar-refractivity contribution in [2.75, 3.05) is 4.90 Å². The molecule has 6 atom stereocenters. The number of rotatable bonds is 1. The summed E-state index contributed by atoms with van der Waals surface area (Å²) in [5, 5.41) is 9.90. The van der Waals surface area contributed by atoms with Gasteiger partial charge >= 0.3 is 0 Å². The quantitative estimate of drug-likeness (QED) is 0.739. The average molecular weight is 260 g/mol. The van der Waals surface area contributed by atoms with Crippen LogP contribution in [0.15, 0.2) is 30.3 Å². The largest absolute Gasteiger partial charge is 0.390 e. The van der Waals surface area contributed by atoms with Crippen molar-refractivity contribution < 1.29 is 20.8 Å². The van der Waals surface area contributed by atoms with Gasteiger partial charge in [0.2, 0.25) is 11.8 Å². The van der Waals surface area contributed by atoms with E-state index in [-0.39, 0.29) is 11.8 Å². The van der Waals surface area contributed by atoms with Gasteiger partial charge in [0, 0.05) is 7.77 Å². The van der Waals surface area contributed by atoms with E-state index in [2.05, 4.69) is 0 Å². The second-order valence-electron chi connectivity index (χ2n) is 5.15. The summed E-state index contributed by atoms with van der Waals surface area (Å²) in [5.74, 6) is -1.92. The summed E-state index contributed by atoms with van der Waals surface area (Å²) in [6, 6.07) is 8.74. The average Bonchev–Trinajstić information content (AvgIpc) is 3.05. The lowest BCUT2D eigenvalue weighted by Crippen LogP contribution is -2.38. The third-order valence-electron chi connectivity index (χ3n) is 4.16. The van der Waals surface area contributed by atoms with E-state index in [1.165, 1.54) is 4.90 Å². The molecule has 5 nitrogen and oxygen atoms in total. The summed E-state index contributed by atoms with van der Waals surface area (Å²) < 4.78 is 13.3. The number of fused-ring (bicyclic) bond motifs is 5. The fourth-order valence-corrected chi connectivity index (χ4v) is 3.35. The Kier molecular flexibility index (Phi) is 1.94. The number of carbonyl (C=O) groups excluding carboxylic acids is 2. The van der Waals surface area contributed by atoms with E-state index < -0.39 is 36.5 Å². The number of ether oxygens (including phenoxy) is 1. The van der Waals surface area contributed by atoms with Crippen LogP contribution in [0.5, 0.6) is 0 Å². The van der Waals surface area contributed by atoms with Crippen LogP contribution >= 0.6 is 0 Å². The van der Waals surface area contributed by atoms with Crippen molar-refractivity contribution in [2.45, 2.75) is 24.7 Å². The minimum absolute atomic E-state index is 0.317. The molecule has 2 bridgehead atoms. The van der Waals surface area contributed by atoms with Gasteiger partial charge in [0.25, 0.3) is 0 Å². The molecule has 0 saturated carbocycles. The van der Waals surface area contributed by atoms with E-state index in [9.17, 15) is 14.7 Å². The molecule has 19 heavy (non-hydrogen) atoms. The predicted octanol–water partition coefficient (Wildman–Crippen LogP) is 0.324. The van der Waals surface area contributed by atoms with Crippen molar-refractivity contribution in [1.82, 2.24) is 0 Å². The highest BCUT2D eigenvalue weighted by Crippen LogP contribution is 2.49. The fraction of sp³-hybridized carbons (Fsp3) is 0.429. The van der Waals surface area contributed by atoms with Crippen molar-refractivity contribution in [3.63, 3.8) is 0 Å². The molecule has 1 aromatic rings. The number of nitrogens with zero attached hydrogens (tertiary/aromatic N) is 1. The number of benzene rings is 1. The number of amides is 2. The van der Waals surface area contributed by atoms with Gasteiger partial charge in [-0.25, -0.2) is 4.90 Å². The van der Waals surface area contributed by atoms with Gasteiger partial charge in [-0.1, -0.05) is 18.2 Å². The van der Waals surface area contributed by atoms with Crippen LogP contribution in [0.2, 0.25) is 0 Å². The zero-order chi connectivity index (χ0) is 14.0. The van der Waals surface area contributed by atoms with Crippen molar-refractivity contribution in [1.29, 1.82) is 0 Å². The second kappa shape index (κ2) is 3.65. The second-order valence-corrected chi connectivity index (χ2v) is 5.15. The molecular weight excluding hydrogens is 246 g/mol. The lowest BCUT2D eigenvalue weighted by Gasteiger charge is -2.20. The summed E-state index contributed by atoms with van der Waals surface area (Å²) in [7, 11) is 0. The number of hydrogen-bond acceptors (Lipinski definition) is 4. The molecule has 2 amide bonds. The first-order valence-electron chi connectivity index (χ1n) is 6.87. The maximum atomic E-state index is 12.5. The third kappa shape index (κ3) is 1.31. The molecule has 0 aliphatic carbocycles. The van der Waals surface area contributed by atoms with Crippen LogP contribution < -0.4 is 4.90 Å². The maximum Gasteiger partial charge on any atom is 0.240 e. The molecule has 3 saturated heterocycles. The lowest BCUT2D eigenvalue weighted by molar-refractivity contribution is -0.125. The number of para-hydroxylation sites is 1. The van der Waals surface area contributed by atoms with Crippen LogP contribution in [-0.4, -0.2) is 35.2 Å². The molecule has 3 fully saturated rings. The molecule has 0 aromatic heterocycles. The number of hydrogen-bond donors (Lipinski definition) is 1. The first kappa shape index (κ1) is 10.1. The molecule has 1 N–H and O–H groups in total. The van der Waals surface area contributed by atoms with E-state index in [0.29, 0.717) is 5.69 Å². The number of aliphatic hydroxyl groups excluding tert-OH is 1. The summed E-state index contributed by atoms with van der Waals surface area (Å²) >= 11 is 0. The number of aliphatic hydroxyl groups is 1. The van der Waals surface area contributed by atoms with Crippen LogP contribution in [0.25, 0.3) is 0 Å². The molecule has 3 aliphatic heterocycles. The van der Waals surface area contributed by atoms with Crippen LogP contribution in [0, 0.1) is 11.8 Å². The fourth-order valence-electron chi connectivity index (χ4n) is 3.35. The summed E-state index contributed by atoms with van der Waals surface area (Å²) in [6.45, 7) is 0. The Bertz CT molecular complexity index is 560. The van der Waals surface area contributed by atoms with E-state index in [4.69, 9.17) is 6.11 Å². The molecule has 4 rings (SSSR count). The zero-order valence-corrected chi connectivity index (χ0v) is 9.97. The SMILES string of the molecule is [2H]C1C(O)C2OC1C1C(=O)N(c3ccccc3)C(=O)C21. The molecule has 1 aromatic carbocycles. The Labute approximate surface area is 111 Å². The van der Waals surface area contributed by atoms with Gasteiger partial charge in [0.1, 0.15) is 0 Å². The Morgan fingerprint density at radius 3 is 2.63 bits per heavy atom. The topological polar surface area (TPSA) is 66.8 Å². The van der Waals surface area contributed by atoms with E-state index in [0.717, 1.165) is 0 Å². The third-order valence-corrected chi connectivity index (χ3v) is 4.16. The molecule has 5 heteroatoms.